The molecule has 0 aromatic heterocycles. The third-order valence-corrected chi connectivity index (χ3v) is 5.65. The number of carbonyl (C=O) groups excluding carboxylic acids is 2. The van der Waals surface area contributed by atoms with E-state index in [1.54, 1.807) is 6.21 Å². The predicted molar refractivity (Wildman–Crippen MR) is 133 cm³/mol. The summed E-state index contributed by atoms with van der Waals surface area (Å²) in [6, 6.07) is 18.4. The van der Waals surface area contributed by atoms with Crippen LogP contribution in [0.4, 0.5) is 0 Å². The highest BCUT2D eigenvalue weighted by Crippen LogP contribution is 2.27. The Kier molecular flexibility index (Phi) is 9.23. The van der Waals surface area contributed by atoms with Crippen molar-refractivity contribution in [2.45, 2.75) is 58.3 Å². The molecule has 0 radical (unpaired) electrons. The number of carbonyl (C=O) groups is 2. The summed E-state index contributed by atoms with van der Waals surface area (Å²) in [6.07, 6.45) is 10.3. The number of amides is 2. The second-order valence-electron chi connectivity index (χ2n) is 8.17. The van der Waals surface area contributed by atoms with E-state index in [0.29, 0.717) is 6.42 Å². The highest BCUT2D eigenvalue weighted by Gasteiger charge is 2.07. The van der Waals surface area contributed by atoms with Gasteiger partial charge >= 0.3 is 0 Å². The molecule has 0 fully saturated rings. The molecule has 3 aromatic rings. The molecule has 0 aliphatic heterocycles. The van der Waals surface area contributed by atoms with Crippen molar-refractivity contribution in [2.24, 2.45) is 5.10 Å². The Labute approximate surface area is 190 Å². The van der Waals surface area contributed by atoms with E-state index in [4.69, 9.17) is 0 Å². The number of nitrogens with one attached hydrogen (secondary N) is 2. The summed E-state index contributed by atoms with van der Waals surface area (Å²) >= 11 is 0. The lowest BCUT2D eigenvalue weighted by molar-refractivity contribution is -0.126. The molecule has 0 bridgehead atoms. The van der Waals surface area contributed by atoms with Gasteiger partial charge in [-0.05, 0) is 34.0 Å². The Morgan fingerprint density at radius 3 is 2.06 bits per heavy atom. The molecule has 2 N–H and O–H groups in total. The van der Waals surface area contributed by atoms with Gasteiger partial charge in [0.1, 0.15) is 0 Å². The maximum Gasteiger partial charge on any atom is 0.259 e. The summed E-state index contributed by atoms with van der Waals surface area (Å²) in [5, 5.41) is 11.2. The zero-order chi connectivity index (χ0) is 22.6. The van der Waals surface area contributed by atoms with E-state index in [9.17, 15) is 9.59 Å². The maximum atomic E-state index is 12.1. The molecule has 0 unspecified atom stereocenters. The van der Waals surface area contributed by atoms with Gasteiger partial charge in [0.05, 0.1) is 12.8 Å². The molecular weight excluding hydrogens is 398 g/mol. The van der Waals surface area contributed by atoms with Crippen molar-refractivity contribution in [3.8, 4) is 0 Å². The molecule has 0 saturated carbocycles. The average molecular weight is 432 g/mol. The SMILES string of the molecule is CCCCCCCCCC(=O)NCC(=O)N/N=C/c1c2ccccc2cc2ccccc12. The van der Waals surface area contributed by atoms with Crippen molar-refractivity contribution in [3.05, 3.63) is 60.2 Å². The Morgan fingerprint density at radius 2 is 1.41 bits per heavy atom. The van der Waals surface area contributed by atoms with Crippen LogP contribution >= 0.6 is 0 Å². The second-order valence-corrected chi connectivity index (χ2v) is 8.17. The summed E-state index contributed by atoms with van der Waals surface area (Å²) in [6.45, 7) is 2.14. The van der Waals surface area contributed by atoms with Crippen molar-refractivity contribution in [1.82, 2.24) is 10.7 Å². The van der Waals surface area contributed by atoms with Crippen LogP contribution in [-0.2, 0) is 9.59 Å². The van der Waals surface area contributed by atoms with Gasteiger partial charge in [-0.2, -0.15) is 5.10 Å². The summed E-state index contributed by atoms with van der Waals surface area (Å²) in [5.74, 6) is -0.420. The molecule has 0 atom stereocenters. The zero-order valence-corrected chi connectivity index (χ0v) is 18.9. The van der Waals surface area contributed by atoms with Gasteiger partial charge in [0.2, 0.25) is 5.91 Å². The van der Waals surface area contributed by atoms with Gasteiger partial charge in [-0.1, -0.05) is 94.0 Å². The normalized spacial score (nSPS) is 11.3. The third-order valence-electron chi connectivity index (χ3n) is 5.65. The lowest BCUT2D eigenvalue weighted by Crippen LogP contribution is -2.34. The molecule has 3 aromatic carbocycles. The minimum Gasteiger partial charge on any atom is -0.347 e. The van der Waals surface area contributed by atoms with E-state index >= 15 is 0 Å². The van der Waals surface area contributed by atoms with Crippen LogP contribution in [0.5, 0.6) is 0 Å². The number of hydrazone groups is 1. The monoisotopic (exact) mass is 431 g/mol. The first-order chi connectivity index (χ1) is 15.7. The lowest BCUT2D eigenvalue weighted by Gasteiger charge is -2.08. The van der Waals surface area contributed by atoms with Gasteiger partial charge in [0.25, 0.3) is 5.91 Å². The van der Waals surface area contributed by atoms with E-state index in [0.717, 1.165) is 39.9 Å². The fourth-order valence-electron chi connectivity index (χ4n) is 3.91. The standard InChI is InChI=1S/C27H33N3O2/c1-2-3-4-5-6-7-8-17-26(31)28-20-27(32)30-29-19-25-23-15-11-9-13-21(23)18-22-14-10-12-16-24(22)25/h9-16,18-19H,2-8,17,20H2,1H3,(H,28,31)(H,30,32)/b29-19+. The molecule has 0 heterocycles. The van der Waals surface area contributed by atoms with Crippen molar-refractivity contribution in [1.29, 1.82) is 0 Å². The highest BCUT2D eigenvalue weighted by atomic mass is 16.2. The summed E-state index contributed by atoms with van der Waals surface area (Å²) in [4.78, 5) is 24.0. The third kappa shape index (κ3) is 6.91. The summed E-state index contributed by atoms with van der Waals surface area (Å²) in [5.41, 5.74) is 3.49. The van der Waals surface area contributed by atoms with Crippen molar-refractivity contribution < 1.29 is 9.59 Å². The molecule has 5 heteroatoms. The first kappa shape index (κ1) is 23.5. The van der Waals surface area contributed by atoms with Crippen LogP contribution in [0.15, 0.2) is 59.7 Å². The average Bonchev–Trinajstić information content (AvgIpc) is 2.81. The molecule has 32 heavy (non-hydrogen) atoms. The van der Waals surface area contributed by atoms with Crippen LogP contribution < -0.4 is 10.7 Å². The molecule has 5 nitrogen and oxygen atoms in total. The van der Waals surface area contributed by atoms with Gasteiger partial charge in [0.15, 0.2) is 0 Å². The maximum absolute atomic E-state index is 12.1. The van der Waals surface area contributed by atoms with Gasteiger partial charge in [-0.25, -0.2) is 5.43 Å². The van der Waals surface area contributed by atoms with Gasteiger partial charge in [0, 0.05) is 12.0 Å². The first-order valence-corrected chi connectivity index (χ1v) is 11.7. The zero-order valence-electron chi connectivity index (χ0n) is 18.9. The summed E-state index contributed by atoms with van der Waals surface area (Å²) in [7, 11) is 0. The molecule has 0 saturated heterocycles. The number of unbranched alkanes of at least 4 members (excludes halogenated alkanes) is 6. The van der Waals surface area contributed by atoms with Crippen molar-refractivity contribution in [2.75, 3.05) is 6.54 Å². The van der Waals surface area contributed by atoms with Crippen LogP contribution in [0.1, 0.15) is 63.9 Å². The van der Waals surface area contributed by atoms with Gasteiger partial charge in [-0.3, -0.25) is 9.59 Å². The van der Waals surface area contributed by atoms with Crippen LogP contribution in [-0.4, -0.2) is 24.6 Å². The van der Waals surface area contributed by atoms with Crippen LogP contribution in [0.2, 0.25) is 0 Å². The number of benzene rings is 3. The number of nitrogens with zero attached hydrogens (tertiary/aromatic N) is 1. The van der Waals surface area contributed by atoms with E-state index in [-0.39, 0.29) is 18.4 Å². The minimum atomic E-state index is -0.335. The predicted octanol–water partition coefficient (Wildman–Crippen LogP) is 5.70. The van der Waals surface area contributed by atoms with E-state index in [2.05, 4.69) is 53.1 Å². The van der Waals surface area contributed by atoms with Crippen molar-refractivity contribution >= 4 is 39.6 Å². The fraction of sp³-hybridized carbons (Fsp3) is 0.370. The van der Waals surface area contributed by atoms with Crippen LogP contribution in [0.25, 0.3) is 21.5 Å². The molecule has 0 spiro atoms. The molecule has 0 aliphatic carbocycles. The Bertz CT molecular complexity index is 1020. The number of fused-ring (bicyclic) bond motifs is 2. The molecule has 0 aliphatic rings. The van der Waals surface area contributed by atoms with E-state index in [1.807, 2.05) is 24.3 Å². The largest absolute Gasteiger partial charge is 0.347 e. The first-order valence-electron chi connectivity index (χ1n) is 11.7. The minimum absolute atomic E-state index is 0.0665. The highest BCUT2D eigenvalue weighted by molar-refractivity contribution is 6.13. The Morgan fingerprint density at radius 1 is 0.812 bits per heavy atom. The molecule has 2 amide bonds. The summed E-state index contributed by atoms with van der Waals surface area (Å²) < 4.78 is 0. The topological polar surface area (TPSA) is 70.6 Å². The molecule has 3 rings (SSSR count). The van der Waals surface area contributed by atoms with Crippen molar-refractivity contribution in [3.63, 3.8) is 0 Å². The van der Waals surface area contributed by atoms with E-state index < -0.39 is 0 Å². The second kappa shape index (κ2) is 12.6. The van der Waals surface area contributed by atoms with Crippen LogP contribution in [0.3, 0.4) is 0 Å². The lowest BCUT2D eigenvalue weighted by atomic mass is 9.97. The number of rotatable bonds is 12. The quantitative estimate of drug-likeness (QED) is 0.167. The Hall–Kier alpha value is -3.21. The van der Waals surface area contributed by atoms with Gasteiger partial charge in [-0.15, -0.1) is 0 Å². The smallest absolute Gasteiger partial charge is 0.259 e. The fourth-order valence-corrected chi connectivity index (χ4v) is 3.91. The van der Waals surface area contributed by atoms with Gasteiger partial charge < -0.3 is 5.32 Å². The van der Waals surface area contributed by atoms with Crippen LogP contribution in [0, 0.1) is 0 Å². The number of hydrogen-bond acceptors (Lipinski definition) is 3. The molecular formula is C27H33N3O2. The van der Waals surface area contributed by atoms with E-state index in [1.165, 1.54) is 32.1 Å². The Balaban J connectivity index is 1.47. The number of hydrogen-bond donors (Lipinski definition) is 2. The molecule has 168 valence electrons.